The predicted molar refractivity (Wildman–Crippen MR) is 74.9 cm³/mol. The average molecular weight is 267 g/mol. The molecule has 1 atom stereocenters. The molecule has 0 fully saturated rings. The van der Waals surface area contributed by atoms with Gasteiger partial charge in [0.15, 0.2) is 0 Å². The summed E-state index contributed by atoms with van der Waals surface area (Å²) in [6.45, 7) is 6.33. The molecule has 0 bridgehead atoms. The minimum absolute atomic E-state index is 0.0159. The summed E-state index contributed by atoms with van der Waals surface area (Å²) in [5.41, 5.74) is 3.24. The first-order chi connectivity index (χ1) is 8.95. The molecule has 0 saturated carbocycles. The molecular formula is C14H25N3O2. The maximum absolute atomic E-state index is 11.7. The number of hydrogen-bond donors (Lipinski definition) is 2. The number of aromatic nitrogens is 2. The van der Waals surface area contributed by atoms with Crippen molar-refractivity contribution in [3.05, 3.63) is 17.0 Å². The van der Waals surface area contributed by atoms with Gasteiger partial charge in [0.2, 0.25) is 5.91 Å². The van der Waals surface area contributed by atoms with Crippen molar-refractivity contribution >= 4 is 5.91 Å². The van der Waals surface area contributed by atoms with E-state index in [-0.39, 0.29) is 5.91 Å². The number of nitrogens with zero attached hydrogens (tertiary/aromatic N) is 2. The van der Waals surface area contributed by atoms with Crippen LogP contribution in [0.1, 0.15) is 43.1 Å². The zero-order valence-electron chi connectivity index (χ0n) is 12.4. The molecule has 5 heteroatoms. The number of aliphatic hydroxyl groups excluding tert-OH is 1. The van der Waals surface area contributed by atoms with Gasteiger partial charge in [-0.05, 0) is 32.3 Å². The fourth-order valence-electron chi connectivity index (χ4n) is 2.17. The van der Waals surface area contributed by atoms with Crippen LogP contribution < -0.4 is 5.32 Å². The summed E-state index contributed by atoms with van der Waals surface area (Å²) in [5.74, 6) is -0.0159. The predicted octanol–water partition coefficient (Wildman–Crippen LogP) is 1.25. The Morgan fingerprint density at radius 1 is 1.47 bits per heavy atom. The van der Waals surface area contributed by atoms with E-state index in [1.807, 2.05) is 32.5 Å². The largest absolute Gasteiger partial charge is 0.391 e. The molecule has 0 aliphatic carbocycles. The van der Waals surface area contributed by atoms with Gasteiger partial charge in [-0.3, -0.25) is 9.48 Å². The molecule has 0 spiro atoms. The van der Waals surface area contributed by atoms with Crippen LogP contribution >= 0.6 is 0 Å². The molecule has 0 saturated heterocycles. The van der Waals surface area contributed by atoms with Crippen molar-refractivity contribution < 1.29 is 9.90 Å². The van der Waals surface area contributed by atoms with Gasteiger partial charge in [0.05, 0.1) is 11.8 Å². The van der Waals surface area contributed by atoms with Crippen LogP contribution in [0.25, 0.3) is 0 Å². The number of rotatable bonds is 7. The fraction of sp³-hybridized carbons (Fsp3) is 0.714. The second-order valence-corrected chi connectivity index (χ2v) is 5.02. The molecule has 0 aliphatic heterocycles. The number of aryl methyl sites for hydroxylation is 2. The van der Waals surface area contributed by atoms with Gasteiger partial charge in [0, 0.05) is 25.7 Å². The van der Waals surface area contributed by atoms with Gasteiger partial charge < -0.3 is 10.4 Å². The molecule has 0 aromatic carbocycles. The van der Waals surface area contributed by atoms with Gasteiger partial charge >= 0.3 is 0 Å². The highest BCUT2D eigenvalue weighted by Crippen LogP contribution is 2.13. The van der Waals surface area contributed by atoms with Crippen LogP contribution in [0.2, 0.25) is 0 Å². The van der Waals surface area contributed by atoms with E-state index in [0.717, 1.165) is 29.8 Å². The van der Waals surface area contributed by atoms with Gasteiger partial charge in [0.1, 0.15) is 0 Å². The first-order valence-corrected chi connectivity index (χ1v) is 6.89. The lowest BCUT2D eigenvalue weighted by molar-refractivity contribution is -0.121. The van der Waals surface area contributed by atoms with Crippen LogP contribution in [0.4, 0.5) is 0 Å². The first-order valence-electron chi connectivity index (χ1n) is 6.89. The molecule has 1 rings (SSSR count). The number of nitrogens with one attached hydrogen (secondary N) is 1. The summed E-state index contributed by atoms with van der Waals surface area (Å²) >= 11 is 0. The second-order valence-electron chi connectivity index (χ2n) is 5.02. The Balaban J connectivity index is 2.38. The Hall–Kier alpha value is -1.36. The molecule has 1 amide bonds. The highest BCUT2D eigenvalue weighted by molar-refractivity contribution is 5.76. The third-order valence-electron chi connectivity index (χ3n) is 3.42. The van der Waals surface area contributed by atoms with Crippen molar-refractivity contribution in [2.45, 2.75) is 52.6 Å². The third kappa shape index (κ3) is 4.67. The van der Waals surface area contributed by atoms with Crippen molar-refractivity contribution in [1.82, 2.24) is 15.1 Å². The highest BCUT2D eigenvalue weighted by atomic mass is 16.3. The lowest BCUT2D eigenvalue weighted by atomic mass is 10.1. The first kappa shape index (κ1) is 15.7. The standard InChI is InChI=1S/C14H25N3O2/c1-5-6-12(18)9-15-14(19)8-7-13-10(2)16-17(4)11(13)3/h12,18H,5-9H2,1-4H3,(H,15,19). The van der Waals surface area contributed by atoms with Crippen molar-refractivity contribution in [2.24, 2.45) is 7.05 Å². The van der Waals surface area contributed by atoms with Crippen molar-refractivity contribution in [1.29, 1.82) is 0 Å². The SMILES string of the molecule is CCCC(O)CNC(=O)CCc1c(C)nn(C)c1C. The van der Waals surface area contributed by atoms with Crippen LogP contribution in [0.3, 0.4) is 0 Å². The lowest BCUT2D eigenvalue weighted by Crippen LogP contribution is -2.32. The number of aliphatic hydroxyl groups is 1. The molecule has 2 N–H and O–H groups in total. The maximum Gasteiger partial charge on any atom is 0.220 e. The third-order valence-corrected chi connectivity index (χ3v) is 3.42. The second kappa shape index (κ2) is 7.28. The normalized spacial score (nSPS) is 12.5. The van der Waals surface area contributed by atoms with Gasteiger partial charge in [0.25, 0.3) is 0 Å². The van der Waals surface area contributed by atoms with Crippen molar-refractivity contribution in [3.8, 4) is 0 Å². The van der Waals surface area contributed by atoms with Crippen LogP contribution in [-0.4, -0.2) is 33.4 Å². The fourth-order valence-corrected chi connectivity index (χ4v) is 2.17. The molecule has 0 radical (unpaired) electrons. The van der Waals surface area contributed by atoms with E-state index >= 15 is 0 Å². The van der Waals surface area contributed by atoms with E-state index in [0.29, 0.717) is 19.4 Å². The minimum atomic E-state index is -0.434. The summed E-state index contributed by atoms with van der Waals surface area (Å²) in [7, 11) is 1.91. The molecule has 5 nitrogen and oxygen atoms in total. The van der Waals surface area contributed by atoms with Gasteiger partial charge in [-0.25, -0.2) is 0 Å². The Bertz CT molecular complexity index is 427. The van der Waals surface area contributed by atoms with Gasteiger partial charge in [-0.1, -0.05) is 13.3 Å². The molecule has 0 aliphatic rings. The molecular weight excluding hydrogens is 242 g/mol. The zero-order valence-corrected chi connectivity index (χ0v) is 12.4. The van der Waals surface area contributed by atoms with E-state index < -0.39 is 6.10 Å². The minimum Gasteiger partial charge on any atom is -0.391 e. The Labute approximate surface area is 115 Å². The summed E-state index contributed by atoms with van der Waals surface area (Å²) in [6.07, 6.45) is 2.34. The quantitative estimate of drug-likeness (QED) is 0.781. The van der Waals surface area contributed by atoms with Gasteiger partial charge in [-0.2, -0.15) is 5.10 Å². The van der Waals surface area contributed by atoms with E-state index in [1.54, 1.807) is 0 Å². The van der Waals surface area contributed by atoms with E-state index in [9.17, 15) is 9.90 Å². The topological polar surface area (TPSA) is 67.2 Å². The summed E-state index contributed by atoms with van der Waals surface area (Å²) in [4.78, 5) is 11.7. The molecule has 1 aromatic rings. The molecule has 1 unspecified atom stereocenters. The summed E-state index contributed by atoms with van der Waals surface area (Å²) in [5, 5.41) is 16.6. The van der Waals surface area contributed by atoms with E-state index in [4.69, 9.17) is 0 Å². The van der Waals surface area contributed by atoms with Crippen molar-refractivity contribution in [2.75, 3.05) is 6.54 Å². The summed E-state index contributed by atoms with van der Waals surface area (Å²) in [6, 6.07) is 0. The number of carbonyl (C=O) groups excluding carboxylic acids is 1. The van der Waals surface area contributed by atoms with Crippen LogP contribution in [-0.2, 0) is 18.3 Å². The smallest absolute Gasteiger partial charge is 0.220 e. The monoisotopic (exact) mass is 267 g/mol. The van der Waals surface area contributed by atoms with Crippen LogP contribution in [0.15, 0.2) is 0 Å². The van der Waals surface area contributed by atoms with E-state index in [1.165, 1.54) is 0 Å². The van der Waals surface area contributed by atoms with Crippen LogP contribution in [0.5, 0.6) is 0 Å². The number of amides is 1. The van der Waals surface area contributed by atoms with Crippen LogP contribution in [0, 0.1) is 13.8 Å². The van der Waals surface area contributed by atoms with E-state index in [2.05, 4.69) is 10.4 Å². The Kier molecular flexibility index (Phi) is 6.02. The molecule has 1 heterocycles. The highest BCUT2D eigenvalue weighted by Gasteiger charge is 2.12. The maximum atomic E-state index is 11.7. The summed E-state index contributed by atoms with van der Waals surface area (Å²) < 4.78 is 1.84. The molecule has 19 heavy (non-hydrogen) atoms. The molecule has 108 valence electrons. The van der Waals surface area contributed by atoms with Gasteiger partial charge in [-0.15, -0.1) is 0 Å². The lowest BCUT2D eigenvalue weighted by Gasteiger charge is -2.10. The Morgan fingerprint density at radius 2 is 2.16 bits per heavy atom. The zero-order chi connectivity index (χ0) is 14.4. The molecule has 1 aromatic heterocycles. The van der Waals surface area contributed by atoms with Crippen molar-refractivity contribution in [3.63, 3.8) is 0 Å². The Morgan fingerprint density at radius 3 is 2.68 bits per heavy atom. The number of hydrogen-bond acceptors (Lipinski definition) is 3. The number of carbonyl (C=O) groups is 1. The average Bonchev–Trinajstić information content (AvgIpc) is 2.59.